The van der Waals surface area contributed by atoms with Crippen LogP contribution in [0.4, 0.5) is 0 Å². The average Bonchev–Trinajstić information content (AvgIpc) is 2.77. The van der Waals surface area contributed by atoms with Crippen LogP contribution in [-0.4, -0.2) is 15.0 Å². The molecule has 2 aromatic heterocycles. The van der Waals surface area contributed by atoms with Crippen LogP contribution in [0.3, 0.4) is 0 Å². The summed E-state index contributed by atoms with van der Waals surface area (Å²) < 4.78 is 0. The van der Waals surface area contributed by atoms with Gasteiger partial charge >= 0.3 is 0 Å². The van der Waals surface area contributed by atoms with Crippen LogP contribution in [-0.2, 0) is 5.41 Å². The monoisotopic (exact) mass is 423 g/mol. The lowest BCUT2D eigenvalue weighted by atomic mass is 9.94. The van der Waals surface area contributed by atoms with E-state index in [1.807, 2.05) is 63.2 Å². The second kappa shape index (κ2) is 7.80. The maximum absolute atomic E-state index is 9.76. The summed E-state index contributed by atoms with van der Waals surface area (Å²) in [6.45, 7) is 5.99. The summed E-state index contributed by atoms with van der Waals surface area (Å²) in [6.07, 6.45) is 0. The number of hydrogen-bond donors (Lipinski definition) is 0. The van der Waals surface area contributed by atoms with Crippen LogP contribution < -0.4 is 0 Å². The number of rotatable bonds is 2. The first-order valence-corrected chi connectivity index (χ1v) is 10.1. The molecule has 0 spiro atoms. The van der Waals surface area contributed by atoms with Gasteiger partial charge in [-0.2, -0.15) is 10.5 Å². The third-order valence-electron chi connectivity index (χ3n) is 4.92. The Labute approximate surface area is 185 Å². The number of fused-ring (bicyclic) bond motifs is 1. The molecule has 0 unspecified atom stereocenters. The number of hydrogen-bond acceptors (Lipinski definition) is 5. The van der Waals surface area contributed by atoms with Gasteiger partial charge < -0.3 is 0 Å². The Balaban J connectivity index is 2.09. The number of nitriles is 2. The zero-order chi connectivity index (χ0) is 22.2. The Morgan fingerprint density at radius 1 is 0.839 bits per heavy atom. The summed E-state index contributed by atoms with van der Waals surface area (Å²) in [5, 5.41) is 20.0. The molecule has 0 saturated heterocycles. The van der Waals surface area contributed by atoms with Gasteiger partial charge in [0.1, 0.15) is 11.9 Å². The summed E-state index contributed by atoms with van der Waals surface area (Å²) in [6, 6.07) is 20.9. The van der Waals surface area contributed by atoms with Crippen LogP contribution in [0.1, 0.15) is 37.9 Å². The summed E-state index contributed by atoms with van der Waals surface area (Å²) >= 11 is 6.51. The first-order valence-electron chi connectivity index (χ1n) is 9.70. The molecule has 0 aliphatic carbocycles. The highest BCUT2D eigenvalue weighted by atomic mass is 35.5. The van der Waals surface area contributed by atoms with Gasteiger partial charge in [0.25, 0.3) is 0 Å². The minimum absolute atomic E-state index is 0.281. The van der Waals surface area contributed by atoms with Crippen LogP contribution >= 0.6 is 11.6 Å². The van der Waals surface area contributed by atoms with Gasteiger partial charge in [0, 0.05) is 21.6 Å². The van der Waals surface area contributed by atoms with Crippen molar-refractivity contribution in [2.24, 2.45) is 0 Å². The van der Waals surface area contributed by atoms with Crippen LogP contribution in [0.15, 0.2) is 54.6 Å². The molecule has 0 saturated carbocycles. The van der Waals surface area contributed by atoms with Gasteiger partial charge in [-0.3, -0.25) is 0 Å². The van der Waals surface area contributed by atoms with E-state index in [9.17, 15) is 5.26 Å². The number of pyridine rings is 1. The highest BCUT2D eigenvalue weighted by molar-refractivity contribution is 6.33. The summed E-state index contributed by atoms with van der Waals surface area (Å²) in [5.41, 5.74) is 4.02. The summed E-state index contributed by atoms with van der Waals surface area (Å²) in [4.78, 5) is 14.0. The van der Waals surface area contributed by atoms with E-state index in [0.717, 1.165) is 16.7 Å². The molecular weight excluding hydrogens is 406 g/mol. The maximum Gasteiger partial charge on any atom is 0.164 e. The van der Waals surface area contributed by atoms with Crippen molar-refractivity contribution < 1.29 is 0 Å². The van der Waals surface area contributed by atoms with Gasteiger partial charge in [-0.05, 0) is 29.8 Å². The molecule has 6 heteroatoms. The van der Waals surface area contributed by atoms with Crippen LogP contribution in [0.2, 0.25) is 5.02 Å². The van der Waals surface area contributed by atoms with Crippen molar-refractivity contribution in [2.75, 3.05) is 0 Å². The van der Waals surface area contributed by atoms with E-state index >= 15 is 0 Å². The second-order valence-corrected chi connectivity index (χ2v) is 8.59. The van der Waals surface area contributed by atoms with Crippen molar-refractivity contribution in [1.29, 1.82) is 10.5 Å². The van der Waals surface area contributed by atoms with Crippen molar-refractivity contribution in [1.82, 2.24) is 15.0 Å². The van der Waals surface area contributed by atoms with Crippen molar-refractivity contribution in [3.8, 4) is 34.5 Å². The third kappa shape index (κ3) is 3.84. The molecule has 4 aromatic rings. The molecule has 150 valence electrons. The lowest BCUT2D eigenvalue weighted by Crippen LogP contribution is -2.17. The molecule has 0 radical (unpaired) electrons. The number of nitrogens with zero attached hydrogens (tertiary/aromatic N) is 5. The van der Waals surface area contributed by atoms with Crippen molar-refractivity contribution in [2.45, 2.75) is 26.2 Å². The van der Waals surface area contributed by atoms with Crippen molar-refractivity contribution >= 4 is 22.6 Å². The minimum atomic E-state index is -0.335. The van der Waals surface area contributed by atoms with Crippen LogP contribution in [0, 0.1) is 22.7 Å². The normalized spacial score (nSPS) is 11.2. The summed E-state index contributed by atoms with van der Waals surface area (Å²) in [7, 11) is 0. The molecule has 0 fully saturated rings. The predicted octanol–water partition coefficient (Wildman–Crippen LogP) is 6.05. The standard InChI is InChI=1S/C25H18ClN5/c1-25(2,3)24-29-21(14-28)19-12-18(16-10-8-15(13-27)9-11-16)22(30-23(19)31-24)17-6-4-5-7-20(17)26/h4-12H,1-3H3. The molecule has 2 aromatic carbocycles. The molecular formula is C25H18ClN5. The van der Waals surface area contributed by atoms with Gasteiger partial charge in [-0.25, -0.2) is 15.0 Å². The molecule has 0 aliphatic rings. The largest absolute Gasteiger partial charge is 0.227 e. The number of halogens is 1. The highest BCUT2D eigenvalue weighted by Gasteiger charge is 2.22. The van der Waals surface area contributed by atoms with E-state index in [-0.39, 0.29) is 11.1 Å². The number of aromatic nitrogens is 3. The Morgan fingerprint density at radius 3 is 2.16 bits per heavy atom. The SMILES string of the molecule is CC(C)(C)c1nc(C#N)c2cc(-c3ccc(C#N)cc3)c(-c3ccccc3Cl)nc2n1. The van der Waals surface area contributed by atoms with E-state index < -0.39 is 0 Å². The average molecular weight is 424 g/mol. The highest BCUT2D eigenvalue weighted by Crippen LogP contribution is 2.37. The third-order valence-corrected chi connectivity index (χ3v) is 5.25. The molecule has 0 bridgehead atoms. The first-order chi connectivity index (χ1) is 14.8. The fraction of sp³-hybridized carbons (Fsp3) is 0.160. The van der Waals surface area contributed by atoms with Crippen molar-refractivity contribution in [3.05, 3.63) is 76.7 Å². The van der Waals surface area contributed by atoms with E-state index in [1.165, 1.54) is 0 Å². The number of benzene rings is 2. The maximum atomic E-state index is 9.76. The van der Waals surface area contributed by atoms with Crippen LogP contribution in [0.25, 0.3) is 33.4 Å². The Kier molecular flexibility index (Phi) is 5.15. The van der Waals surface area contributed by atoms with Crippen molar-refractivity contribution in [3.63, 3.8) is 0 Å². The van der Waals surface area contributed by atoms with Crippen LogP contribution in [0.5, 0.6) is 0 Å². The summed E-state index contributed by atoms with van der Waals surface area (Å²) in [5.74, 6) is 0.556. The quantitative estimate of drug-likeness (QED) is 0.391. The molecule has 5 nitrogen and oxygen atoms in total. The fourth-order valence-electron chi connectivity index (χ4n) is 3.28. The zero-order valence-corrected chi connectivity index (χ0v) is 18.1. The Morgan fingerprint density at radius 2 is 1.55 bits per heavy atom. The molecule has 2 heterocycles. The molecule has 31 heavy (non-hydrogen) atoms. The molecule has 0 atom stereocenters. The Bertz CT molecular complexity index is 1390. The van der Waals surface area contributed by atoms with Gasteiger partial charge in [-0.15, -0.1) is 0 Å². The zero-order valence-electron chi connectivity index (χ0n) is 17.3. The molecule has 0 amide bonds. The van der Waals surface area contributed by atoms with Gasteiger partial charge in [-0.1, -0.05) is 62.7 Å². The first kappa shape index (κ1) is 20.5. The second-order valence-electron chi connectivity index (χ2n) is 8.18. The van der Waals surface area contributed by atoms with E-state index in [4.69, 9.17) is 21.8 Å². The van der Waals surface area contributed by atoms with E-state index in [2.05, 4.69) is 22.1 Å². The molecule has 4 rings (SSSR count). The predicted molar refractivity (Wildman–Crippen MR) is 121 cm³/mol. The minimum Gasteiger partial charge on any atom is -0.227 e. The van der Waals surface area contributed by atoms with E-state index in [0.29, 0.717) is 33.1 Å². The fourth-order valence-corrected chi connectivity index (χ4v) is 3.50. The Hall–Kier alpha value is -3.80. The smallest absolute Gasteiger partial charge is 0.164 e. The van der Waals surface area contributed by atoms with Gasteiger partial charge in [0.05, 0.1) is 22.7 Å². The lowest BCUT2D eigenvalue weighted by Gasteiger charge is -2.18. The topological polar surface area (TPSA) is 86.2 Å². The van der Waals surface area contributed by atoms with Gasteiger partial charge in [0.15, 0.2) is 11.3 Å². The molecule has 0 aliphatic heterocycles. The lowest BCUT2D eigenvalue weighted by molar-refractivity contribution is 0.547. The van der Waals surface area contributed by atoms with E-state index in [1.54, 1.807) is 12.1 Å². The van der Waals surface area contributed by atoms with Gasteiger partial charge in [0.2, 0.25) is 0 Å². The molecule has 0 N–H and O–H groups in total.